The van der Waals surface area contributed by atoms with Gasteiger partial charge in [0, 0.05) is 0 Å². The molecule has 0 aromatic heterocycles. The predicted molar refractivity (Wildman–Crippen MR) is 106 cm³/mol. The SMILES string of the molecule is CCOC(=O)C(Cl)Cc1ccc(OCC2(C)CC(=O)c3ccccc3O2)cc1. The second-order valence-corrected chi connectivity index (χ2v) is 7.53. The number of hydrogen-bond acceptors (Lipinski definition) is 5. The van der Waals surface area contributed by atoms with Crippen molar-refractivity contribution in [3.05, 3.63) is 59.7 Å². The highest BCUT2D eigenvalue weighted by Crippen LogP contribution is 2.33. The van der Waals surface area contributed by atoms with E-state index in [1.54, 1.807) is 19.1 Å². The summed E-state index contributed by atoms with van der Waals surface area (Å²) in [6.45, 7) is 4.17. The van der Waals surface area contributed by atoms with Gasteiger partial charge < -0.3 is 14.2 Å². The fraction of sp³-hybridized carbons (Fsp3) is 0.364. The van der Waals surface area contributed by atoms with Crippen molar-refractivity contribution in [1.29, 1.82) is 0 Å². The molecular weight excluding hydrogens is 380 g/mol. The lowest BCUT2D eigenvalue weighted by Crippen LogP contribution is -2.44. The highest BCUT2D eigenvalue weighted by molar-refractivity contribution is 6.30. The van der Waals surface area contributed by atoms with Crippen LogP contribution in [-0.2, 0) is 16.0 Å². The normalized spacial score (nSPS) is 19.3. The van der Waals surface area contributed by atoms with Gasteiger partial charge in [-0.25, -0.2) is 0 Å². The molecule has 0 radical (unpaired) electrons. The third-order valence-electron chi connectivity index (χ3n) is 4.50. The van der Waals surface area contributed by atoms with Crippen molar-refractivity contribution >= 4 is 23.4 Å². The molecular formula is C22H23ClO5. The summed E-state index contributed by atoms with van der Waals surface area (Å²) in [5, 5.41) is -0.715. The molecule has 6 heteroatoms. The van der Waals surface area contributed by atoms with Crippen molar-refractivity contribution in [1.82, 2.24) is 0 Å². The molecule has 0 saturated carbocycles. The largest absolute Gasteiger partial charge is 0.489 e. The van der Waals surface area contributed by atoms with E-state index < -0.39 is 16.9 Å². The van der Waals surface area contributed by atoms with Crippen LogP contribution in [0, 0.1) is 0 Å². The summed E-state index contributed by atoms with van der Waals surface area (Å²) in [4.78, 5) is 24.0. The van der Waals surface area contributed by atoms with Gasteiger partial charge in [0.2, 0.25) is 0 Å². The van der Waals surface area contributed by atoms with Crippen LogP contribution in [0.1, 0.15) is 36.2 Å². The number of halogens is 1. The van der Waals surface area contributed by atoms with E-state index in [2.05, 4.69) is 0 Å². The van der Waals surface area contributed by atoms with Gasteiger partial charge in [-0.05, 0) is 50.1 Å². The van der Waals surface area contributed by atoms with Gasteiger partial charge in [-0.1, -0.05) is 24.3 Å². The van der Waals surface area contributed by atoms with E-state index in [0.717, 1.165) is 5.56 Å². The van der Waals surface area contributed by atoms with Gasteiger partial charge >= 0.3 is 5.97 Å². The van der Waals surface area contributed by atoms with Gasteiger partial charge in [-0.15, -0.1) is 11.6 Å². The topological polar surface area (TPSA) is 61.8 Å². The molecule has 2 aromatic carbocycles. The molecule has 1 heterocycles. The molecule has 28 heavy (non-hydrogen) atoms. The van der Waals surface area contributed by atoms with Crippen molar-refractivity contribution in [2.45, 2.75) is 37.7 Å². The number of esters is 1. The molecule has 0 fully saturated rings. The number of para-hydroxylation sites is 1. The average molecular weight is 403 g/mol. The Morgan fingerprint density at radius 1 is 1.21 bits per heavy atom. The Balaban J connectivity index is 1.58. The molecule has 148 valence electrons. The Kier molecular flexibility index (Phi) is 6.25. The first-order chi connectivity index (χ1) is 13.4. The number of rotatable bonds is 7. The zero-order valence-corrected chi connectivity index (χ0v) is 16.7. The minimum absolute atomic E-state index is 0.0513. The van der Waals surface area contributed by atoms with Crippen LogP contribution in [0.2, 0.25) is 0 Å². The highest BCUT2D eigenvalue weighted by atomic mass is 35.5. The summed E-state index contributed by atoms with van der Waals surface area (Å²) in [6.07, 6.45) is 0.641. The van der Waals surface area contributed by atoms with Gasteiger partial charge in [-0.2, -0.15) is 0 Å². The molecule has 0 saturated heterocycles. The number of benzene rings is 2. The van der Waals surface area contributed by atoms with Crippen LogP contribution in [0.4, 0.5) is 0 Å². The van der Waals surface area contributed by atoms with Gasteiger partial charge in [-0.3, -0.25) is 9.59 Å². The van der Waals surface area contributed by atoms with Gasteiger partial charge in [0.05, 0.1) is 18.6 Å². The monoisotopic (exact) mass is 402 g/mol. The first-order valence-corrected chi connectivity index (χ1v) is 9.67. The van der Waals surface area contributed by atoms with Crippen molar-refractivity contribution in [3.8, 4) is 11.5 Å². The third-order valence-corrected chi connectivity index (χ3v) is 4.84. The first-order valence-electron chi connectivity index (χ1n) is 9.24. The van der Waals surface area contributed by atoms with Gasteiger partial charge in [0.15, 0.2) is 5.78 Å². The molecule has 0 bridgehead atoms. The fourth-order valence-corrected chi connectivity index (χ4v) is 3.32. The van der Waals surface area contributed by atoms with Crippen molar-refractivity contribution in [3.63, 3.8) is 0 Å². The number of ether oxygens (including phenoxy) is 3. The molecule has 1 aliphatic rings. The number of alkyl halides is 1. The van der Waals surface area contributed by atoms with Crippen LogP contribution in [0.25, 0.3) is 0 Å². The van der Waals surface area contributed by atoms with E-state index in [1.165, 1.54) is 0 Å². The van der Waals surface area contributed by atoms with Gasteiger partial charge in [0.1, 0.15) is 29.1 Å². The zero-order valence-electron chi connectivity index (χ0n) is 15.9. The number of Topliss-reactive ketones (excluding diaryl/α,β-unsaturated/α-hetero) is 1. The van der Waals surface area contributed by atoms with Crippen molar-refractivity contribution < 1.29 is 23.8 Å². The van der Waals surface area contributed by atoms with Crippen LogP contribution in [0.3, 0.4) is 0 Å². The summed E-state index contributed by atoms with van der Waals surface area (Å²) in [5.74, 6) is 0.877. The van der Waals surface area contributed by atoms with Crippen LogP contribution in [-0.4, -0.2) is 35.9 Å². The first kappa shape index (κ1) is 20.2. The Labute approximate surface area is 169 Å². The lowest BCUT2D eigenvalue weighted by Gasteiger charge is -2.34. The van der Waals surface area contributed by atoms with Crippen molar-refractivity contribution in [2.24, 2.45) is 0 Å². The summed E-state index contributed by atoms with van der Waals surface area (Å²) in [6, 6.07) is 14.6. The minimum atomic E-state index is -0.727. The average Bonchev–Trinajstić information content (AvgIpc) is 2.67. The lowest BCUT2D eigenvalue weighted by molar-refractivity contribution is -0.142. The van der Waals surface area contributed by atoms with Gasteiger partial charge in [0.25, 0.3) is 0 Å². The lowest BCUT2D eigenvalue weighted by atomic mass is 9.92. The molecule has 3 rings (SSSR count). The van der Waals surface area contributed by atoms with E-state index in [1.807, 2.05) is 43.3 Å². The summed E-state index contributed by atoms with van der Waals surface area (Å²) in [5.41, 5.74) is 0.793. The highest BCUT2D eigenvalue weighted by Gasteiger charge is 2.37. The quantitative estimate of drug-likeness (QED) is 0.513. The maximum atomic E-state index is 12.4. The minimum Gasteiger partial charge on any atom is -0.489 e. The maximum Gasteiger partial charge on any atom is 0.324 e. The summed E-state index contributed by atoms with van der Waals surface area (Å²) >= 11 is 6.07. The molecule has 2 unspecified atom stereocenters. The summed E-state index contributed by atoms with van der Waals surface area (Å²) in [7, 11) is 0. The number of fused-ring (bicyclic) bond motifs is 1. The fourth-order valence-electron chi connectivity index (χ4n) is 3.08. The van der Waals surface area contributed by atoms with Crippen LogP contribution < -0.4 is 9.47 Å². The molecule has 0 amide bonds. The van der Waals surface area contributed by atoms with E-state index >= 15 is 0 Å². The molecule has 0 aliphatic carbocycles. The van der Waals surface area contributed by atoms with Crippen LogP contribution in [0.15, 0.2) is 48.5 Å². The molecule has 2 aromatic rings. The molecule has 2 atom stereocenters. The van der Waals surface area contributed by atoms with Crippen molar-refractivity contribution in [2.75, 3.05) is 13.2 Å². The molecule has 0 spiro atoms. The second kappa shape index (κ2) is 8.65. The number of ketones is 1. The summed E-state index contributed by atoms with van der Waals surface area (Å²) < 4.78 is 16.8. The standard InChI is InChI=1S/C22H23ClO5/c1-3-26-21(25)18(23)12-15-8-10-16(11-9-15)27-14-22(2)13-19(24)17-6-4-5-7-20(17)28-22/h4-11,18H,3,12-14H2,1-2H3. The number of hydrogen-bond donors (Lipinski definition) is 0. The predicted octanol–water partition coefficient (Wildman–Crippen LogP) is 4.20. The number of carbonyl (C=O) groups excluding carboxylic acids is 2. The number of carbonyl (C=O) groups is 2. The van der Waals surface area contributed by atoms with Crippen LogP contribution >= 0.6 is 11.6 Å². The third kappa shape index (κ3) is 4.84. The maximum absolute atomic E-state index is 12.4. The smallest absolute Gasteiger partial charge is 0.324 e. The van der Waals surface area contributed by atoms with E-state index in [-0.39, 0.29) is 18.8 Å². The molecule has 0 N–H and O–H groups in total. The van der Waals surface area contributed by atoms with E-state index in [0.29, 0.717) is 30.1 Å². The zero-order chi connectivity index (χ0) is 20.1. The Hall–Kier alpha value is -2.53. The Morgan fingerprint density at radius 3 is 2.64 bits per heavy atom. The van der Waals surface area contributed by atoms with E-state index in [9.17, 15) is 9.59 Å². The van der Waals surface area contributed by atoms with E-state index in [4.69, 9.17) is 25.8 Å². The Morgan fingerprint density at radius 2 is 1.93 bits per heavy atom. The second-order valence-electron chi connectivity index (χ2n) is 7.00. The molecule has 1 aliphatic heterocycles. The van der Waals surface area contributed by atoms with Crippen LogP contribution in [0.5, 0.6) is 11.5 Å². The Bertz CT molecular complexity index is 848. The molecule has 5 nitrogen and oxygen atoms in total.